The van der Waals surface area contributed by atoms with E-state index in [1.54, 1.807) is 6.08 Å². The van der Waals surface area contributed by atoms with Gasteiger partial charge in [0, 0.05) is 6.04 Å². The molecule has 0 aliphatic heterocycles. The van der Waals surface area contributed by atoms with Gasteiger partial charge in [0.15, 0.2) is 0 Å². The Labute approximate surface area is 101 Å². The summed E-state index contributed by atoms with van der Waals surface area (Å²) in [5.41, 5.74) is -0.0337. The summed E-state index contributed by atoms with van der Waals surface area (Å²) in [6, 6.07) is 0.171. The topological polar surface area (TPSA) is 29.1 Å². The molecule has 0 unspecified atom stereocenters. The van der Waals surface area contributed by atoms with E-state index < -0.39 is 0 Å². The molecule has 4 heteroatoms. The Morgan fingerprint density at radius 1 is 1.40 bits per heavy atom. The molecule has 0 aromatic carbocycles. The molecule has 0 spiro atoms. The zero-order valence-electron chi connectivity index (χ0n) is 9.47. The van der Waals surface area contributed by atoms with E-state index in [0.29, 0.717) is 0 Å². The molecule has 0 bridgehead atoms. The van der Waals surface area contributed by atoms with E-state index in [4.69, 9.17) is 23.2 Å². The maximum absolute atomic E-state index is 11.8. The molecule has 1 aliphatic carbocycles. The van der Waals surface area contributed by atoms with E-state index >= 15 is 0 Å². The Balaban J connectivity index is 2.66. The summed E-state index contributed by atoms with van der Waals surface area (Å²) < 4.78 is 0.243. The largest absolute Gasteiger partial charge is 0.354 e. The quantitative estimate of drug-likeness (QED) is 0.819. The lowest BCUT2D eigenvalue weighted by Crippen LogP contribution is -2.32. The molecule has 0 radical (unpaired) electrons. The number of nitrogens with one attached hydrogen (secondary N) is 1. The van der Waals surface area contributed by atoms with Crippen molar-refractivity contribution in [2.24, 2.45) is 17.3 Å². The third-order valence-corrected chi connectivity index (χ3v) is 3.18. The summed E-state index contributed by atoms with van der Waals surface area (Å²) in [5, 5.41) is 2.91. The Bertz CT molecular complexity index is 293. The van der Waals surface area contributed by atoms with Crippen molar-refractivity contribution < 1.29 is 4.79 Å². The maximum Gasteiger partial charge on any atom is 0.224 e. The van der Waals surface area contributed by atoms with Crippen molar-refractivity contribution in [1.29, 1.82) is 0 Å². The van der Waals surface area contributed by atoms with Crippen molar-refractivity contribution >= 4 is 29.1 Å². The lowest BCUT2D eigenvalue weighted by atomic mass is 10.1. The fraction of sp³-hybridized carbons (Fsp3) is 0.727. The van der Waals surface area contributed by atoms with E-state index in [-0.39, 0.29) is 33.7 Å². The summed E-state index contributed by atoms with van der Waals surface area (Å²) in [5.74, 6) is 0.236. The van der Waals surface area contributed by atoms with Gasteiger partial charge in [-0.25, -0.2) is 0 Å². The Morgan fingerprint density at radius 2 is 1.93 bits per heavy atom. The van der Waals surface area contributed by atoms with Crippen LogP contribution in [0.3, 0.4) is 0 Å². The van der Waals surface area contributed by atoms with Gasteiger partial charge in [-0.15, -0.1) is 0 Å². The first kappa shape index (κ1) is 12.9. The van der Waals surface area contributed by atoms with Crippen LogP contribution in [0.25, 0.3) is 0 Å². The van der Waals surface area contributed by atoms with Crippen LogP contribution >= 0.6 is 23.2 Å². The Kier molecular flexibility index (Phi) is 3.72. The Hall–Kier alpha value is -0.210. The van der Waals surface area contributed by atoms with Crippen molar-refractivity contribution in [3.8, 4) is 0 Å². The number of hydrogen-bond acceptors (Lipinski definition) is 1. The van der Waals surface area contributed by atoms with Crippen LogP contribution in [-0.2, 0) is 4.79 Å². The number of carbonyl (C=O) groups is 1. The zero-order chi connectivity index (χ0) is 11.8. The van der Waals surface area contributed by atoms with Gasteiger partial charge in [-0.3, -0.25) is 4.79 Å². The second-order valence-corrected chi connectivity index (χ2v) is 5.95. The summed E-state index contributed by atoms with van der Waals surface area (Å²) >= 11 is 11.2. The third kappa shape index (κ3) is 2.88. The van der Waals surface area contributed by atoms with Gasteiger partial charge in [0.1, 0.15) is 4.49 Å². The van der Waals surface area contributed by atoms with Gasteiger partial charge in [-0.2, -0.15) is 0 Å². The number of carbonyl (C=O) groups excluding carboxylic acids is 1. The molecule has 1 N–H and O–H groups in total. The van der Waals surface area contributed by atoms with Gasteiger partial charge >= 0.3 is 0 Å². The van der Waals surface area contributed by atoms with Crippen LogP contribution in [0.4, 0.5) is 0 Å². The Morgan fingerprint density at radius 3 is 2.33 bits per heavy atom. The van der Waals surface area contributed by atoms with Crippen LogP contribution < -0.4 is 5.32 Å². The average Bonchev–Trinajstić information content (AvgIpc) is 2.49. The lowest BCUT2D eigenvalue weighted by Gasteiger charge is -2.08. The van der Waals surface area contributed by atoms with Gasteiger partial charge < -0.3 is 5.32 Å². The predicted octanol–water partition coefficient (Wildman–Crippen LogP) is 3.10. The number of hydrogen-bond donors (Lipinski definition) is 1. The molecule has 1 amide bonds. The summed E-state index contributed by atoms with van der Waals surface area (Å²) in [6.07, 6.45) is 1.76. The number of rotatable bonds is 3. The zero-order valence-corrected chi connectivity index (χ0v) is 11.0. The van der Waals surface area contributed by atoms with E-state index in [0.717, 1.165) is 0 Å². The first-order chi connectivity index (χ1) is 6.76. The highest BCUT2D eigenvalue weighted by molar-refractivity contribution is 6.55. The minimum absolute atomic E-state index is 0.00704. The van der Waals surface area contributed by atoms with Crippen LogP contribution in [0.5, 0.6) is 0 Å². The number of amides is 1. The van der Waals surface area contributed by atoms with Crippen molar-refractivity contribution in [1.82, 2.24) is 5.32 Å². The molecule has 1 saturated carbocycles. The van der Waals surface area contributed by atoms with Crippen LogP contribution in [0.15, 0.2) is 10.6 Å². The standard InChI is InChI=1S/C11H17Cl2NO/c1-6(2)14-10(15)9-7(5-8(12)13)11(9,3)4/h5-7,9H,1-4H3,(H,14,15)/t7-,9+/m0/s1. The highest BCUT2D eigenvalue weighted by Gasteiger charge is 2.60. The normalized spacial score (nSPS) is 27.4. The fourth-order valence-electron chi connectivity index (χ4n) is 2.00. The van der Waals surface area contributed by atoms with Crippen molar-refractivity contribution in [3.63, 3.8) is 0 Å². The minimum Gasteiger partial charge on any atom is -0.354 e. The monoisotopic (exact) mass is 249 g/mol. The first-order valence-electron chi connectivity index (χ1n) is 5.10. The minimum atomic E-state index is -0.0337. The van der Waals surface area contributed by atoms with Crippen molar-refractivity contribution in [3.05, 3.63) is 10.6 Å². The molecule has 15 heavy (non-hydrogen) atoms. The van der Waals surface area contributed by atoms with Crippen LogP contribution in [0.1, 0.15) is 27.7 Å². The fourth-order valence-corrected chi connectivity index (χ4v) is 2.27. The SMILES string of the molecule is CC(C)NC(=O)[C@H]1[C@H](C=C(Cl)Cl)C1(C)C. The molecule has 1 aliphatic rings. The first-order valence-corrected chi connectivity index (χ1v) is 5.85. The molecule has 2 nitrogen and oxygen atoms in total. The average molecular weight is 250 g/mol. The lowest BCUT2D eigenvalue weighted by molar-refractivity contribution is -0.123. The molecule has 0 aromatic rings. The molecule has 86 valence electrons. The molecule has 1 rings (SSSR count). The molecule has 2 atom stereocenters. The summed E-state index contributed by atoms with van der Waals surface area (Å²) in [4.78, 5) is 11.8. The summed E-state index contributed by atoms with van der Waals surface area (Å²) in [7, 11) is 0. The van der Waals surface area contributed by atoms with Crippen LogP contribution in [0.2, 0.25) is 0 Å². The molecule has 0 aromatic heterocycles. The highest BCUT2D eigenvalue weighted by atomic mass is 35.5. The van der Waals surface area contributed by atoms with E-state index in [9.17, 15) is 4.79 Å². The van der Waals surface area contributed by atoms with Crippen molar-refractivity contribution in [2.75, 3.05) is 0 Å². The second-order valence-electron chi connectivity index (χ2n) is 4.94. The van der Waals surface area contributed by atoms with Crippen molar-refractivity contribution in [2.45, 2.75) is 33.7 Å². The molecule has 0 saturated heterocycles. The van der Waals surface area contributed by atoms with Gasteiger partial charge in [0.2, 0.25) is 5.91 Å². The van der Waals surface area contributed by atoms with E-state index in [2.05, 4.69) is 19.2 Å². The van der Waals surface area contributed by atoms with Gasteiger partial charge in [-0.05, 0) is 31.3 Å². The van der Waals surface area contributed by atoms with E-state index in [1.807, 2.05) is 13.8 Å². The highest BCUT2D eigenvalue weighted by Crippen LogP contribution is 2.59. The van der Waals surface area contributed by atoms with Gasteiger partial charge in [-0.1, -0.05) is 37.0 Å². The van der Waals surface area contributed by atoms with Crippen LogP contribution in [0, 0.1) is 17.3 Å². The number of halogens is 2. The predicted molar refractivity (Wildman–Crippen MR) is 63.8 cm³/mol. The molecule has 1 fully saturated rings. The third-order valence-electron chi connectivity index (χ3n) is 2.93. The van der Waals surface area contributed by atoms with Gasteiger partial charge in [0.25, 0.3) is 0 Å². The maximum atomic E-state index is 11.8. The molecule has 0 heterocycles. The van der Waals surface area contributed by atoms with Crippen LogP contribution in [-0.4, -0.2) is 11.9 Å². The second kappa shape index (κ2) is 4.34. The summed E-state index contributed by atoms with van der Waals surface area (Å²) in [6.45, 7) is 8.00. The molecular weight excluding hydrogens is 233 g/mol. The van der Waals surface area contributed by atoms with Gasteiger partial charge in [0.05, 0.1) is 5.92 Å². The smallest absolute Gasteiger partial charge is 0.224 e. The molecular formula is C11H17Cl2NO. The number of allylic oxidation sites excluding steroid dienone is 1. The van der Waals surface area contributed by atoms with E-state index in [1.165, 1.54) is 0 Å².